The lowest BCUT2D eigenvalue weighted by molar-refractivity contribution is -0.150. The van der Waals surface area contributed by atoms with E-state index < -0.39 is 89.5 Å². The molecule has 0 aromatic heterocycles. The van der Waals surface area contributed by atoms with Crippen LogP contribution in [0, 0.1) is 11.8 Å². The first kappa shape index (κ1) is 66.1. The Morgan fingerprint density at radius 1 is 0.675 bits per heavy atom. The fourth-order valence-corrected chi connectivity index (χ4v) is 10.5. The van der Waals surface area contributed by atoms with Crippen LogP contribution in [0.15, 0.2) is 70.6 Å². The molecule has 3 aliphatic heterocycles. The molecule has 25 heteroatoms. The van der Waals surface area contributed by atoms with Crippen molar-refractivity contribution in [2.45, 2.75) is 147 Å². The Bertz CT molecular complexity index is 2580. The highest BCUT2D eigenvalue weighted by Crippen LogP contribution is 2.27. The number of nitrogens with two attached hydrogens (primary N) is 3. The molecule has 0 saturated carbocycles. The molecule has 2 aromatic rings. The first-order valence-corrected chi connectivity index (χ1v) is 28.9. The summed E-state index contributed by atoms with van der Waals surface area (Å²) >= 11 is 0. The summed E-state index contributed by atoms with van der Waals surface area (Å²) in [5.41, 5.74) is 21.2. The molecule has 5 rings (SSSR count). The third-order valence-corrected chi connectivity index (χ3v) is 15.0. The largest absolute Gasteiger partial charge is 0.373 e. The maximum Gasteiger partial charge on any atom is 0.261 e. The van der Waals surface area contributed by atoms with E-state index >= 15 is 0 Å². The van der Waals surface area contributed by atoms with E-state index in [2.05, 4.69) is 42.0 Å². The number of nitrogens with one attached hydrogen (secondary N) is 6. The predicted molar refractivity (Wildman–Crippen MR) is 313 cm³/mol. The van der Waals surface area contributed by atoms with Gasteiger partial charge in [-0.2, -0.15) is 0 Å². The van der Waals surface area contributed by atoms with Crippen molar-refractivity contribution in [3.05, 3.63) is 71.8 Å². The number of nitrogens with zero attached hydrogens (tertiary/aromatic N) is 6. The van der Waals surface area contributed by atoms with E-state index in [-0.39, 0.29) is 75.0 Å². The summed E-state index contributed by atoms with van der Waals surface area (Å²) in [4.78, 5) is 139. The van der Waals surface area contributed by atoms with Crippen LogP contribution in [0.4, 0.5) is 0 Å². The molecule has 0 spiro atoms. The van der Waals surface area contributed by atoms with Crippen LogP contribution in [-0.4, -0.2) is 187 Å². The molecule has 0 bridgehead atoms. The van der Waals surface area contributed by atoms with Gasteiger partial charge in [-0.05, 0) is 103 Å². The van der Waals surface area contributed by atoms with E-state index in [4.69, 9.17) is 21.9 Å². The van der Waals surface area contributed by atoms with Crippen LogP contribution in [0.25, 0.3) is 0 Å². The number of carbonyl (C=O) groups excluding carboxylic acids is 9. The highest BCUT2D eigenvalue weighted by molar-refractivity contribution is 5.97. The van der Waals surface area contributed by atoms with Gasteiger partial charge in [0.25, 0.3) is 5.91 Å². The van der Waals surface area contributed by atoms with E-state index in [0.29, 0.717) is 89.5 Å². The van der Waals surface area contributed by atoms with Crippen molar-refractivity contribution in [1.29, 1.82) is 0 Å². The molecule has 3 aliphatic rings. The normalized spacial score (nSPS) is 18.8. The van der Waals surface area contributed by atoms with Crippen molar-refractivity contribution in [2.75, 3.05) is 67.0 Å². The third kappa shape index (κ3) is 20.6. The molecule has 25 nitrogen and oxygen atoms in total. The van der Waals surface area contributed by atoms with Gasteiger partial charge in [-0.15, -0.1) is 0 Å². The van der Waals surface area contributed by atoms with Gasteiger partial charge in [0, 0.05) is 78.5 Å². The molecule has 8 amide bonds. The Hall–Kier alpha value is -7.67. The Labute approximate surface area is 487 Å². The van der Waals surface area contributed by atoms with E-state index in [1.807, 2.05) is 24.3 Å². The quantitative estimate of drug-likeness (QED) is 0.0234. The number of likely N-dealkylation sites (tertiary alicyclic amines) is 3. The molecule has 0 unspecified atom stereocenters. The lowest BCUT2D eigenvalue weighted by Gasteiger charge is -2.33. The van der Waals surface area contributed by atoms with Crippen molar-refractivity contribution in [2.24, 2.45) is 39.0 Å². The minimum Gasteiger partial charge on any atom is -0.373 e. The summed E-state index contributed by atoms with van der Waals surface area (Å²) in [5, 5.41) is 15.3. The highest BCUT2D eigenvalue weighted by Gasteiger charge is 2.44. The second-order valence-corrected chi connectivity index (χ2v) is 22.3. The van der Waals surface area contributed by atoms with Crippen molar-refractivity contribution in [1.82, 2.24) is 51.7 Å². The molecule has 12 N–H and O–H groups in total. The zero-order valence-corrected chi connectivity index (χ0v) is 49.2. The average molecular weight is 1160 g/mol. The maximum atomic E-state index is 14.8. The number of amides is 8. The van der Waals surface area contributed by atoms with E-state index in [1.165, 1.54) is 26.8 Å². The smallest absolute Gasteiger partial charge is 0.261 e. The minimum atomic E-state index is -1.32. The number of hydrazine groups is 1. The summed E-state index contributed by atoms with van der Waals surface area (Å²) in [6.07, 6.45) is 3.84. The molecule has 3 fully saturated rings. The number of ketones is 1. The van der Waals surface area contributed by atoms with Crippen LogP contribution in [0.3, 0.4) is 0 Å². The van der Waals surface area contributed by atoms with Gasteiger partial charge >= 0.3 is 0 Å². The second-order valence-electron chi connectivity index (χ2n) is 22.3. The first-order chi connectivity index (χ1) is 39.6. The molecular formula is C58H89N15O10. The van der Waals surface area contributed by atoms with Crippen molar-refractivity contribution in [3.8, 4) is 0 Å². The molecule has 0 aliphatic carbocycles. The summed E-state index contributed by atoms with van der Waals surface area (Å²) in [6, 6.07) is 13.2. The molecule has 83 heavy (non-hydrogen) atoms. The topological polar surface area (TPSA) is 351 Å². The lowest BCUT2D eigenvalue weighted by Crippen LogP contribution is -2.58. The Kier molecular flexibility index (Phi) is 26.2. The molecule has 3 heterocycles. The Morgan fingerprint density at radius 3 is 1.80 bits per heavy atom. The van der Waals surface area contributed by atoms with E-state index in [1.54, 1.807) is 71.3 Å². The standard InChI is InChI=1S/C58H89N15O10/c1-58(2,3)83-37-44(54(81)70-29-16-25-46(70)52(79)69-73(36-39-20-11-8-12-21-39)48(75)34-40(49(76)62-4)22-13-27-65-56(60)63-5)68-50(77)41(32-38-18-9-7-10-19-38)33-42(74)35-67-51(78)45-24-15-30-71(45)55(82)47-26-17-31-72(47)53(80)43(59)23-14-28-66-57(61)64-6/h7-12,18-21,40-41,43-47H,13-17,22-37,59H2,1-6H3,(H,62,76)(H,67,78)(H,68,77)(H,69,79)(H3,60,63,65)(H3,61,64,66)/t40-,41+,43-,44-,45-,46-,47-/m0/s1. The van der Waals surface area contributed by atoms with Crippen LogP contribution < -0.4 is 49.2 Å². The van der Waals surface area contributed by atoms with Gasteiger partial charge in [-0.1, -0.05) is 60.7 Å². The van der Waals surface area contributed by atoms with Crippen LogP contribution in [-0.2, 0) is 60.9 Å². The number of hydrogen-bond donors (Lipinski definition) is 9. The molecule has 7 atom stereocenters. The summed E-state index contributed by atoms with van der Waals surface area (Å²) in [6.45, 7) is 6.30. The number of benzene rings is 2. The fourth-order valence-electron chi connectivity index (χ4n) is 10.5. The Morgan fingerprint density at radius 2 is 1.22 bits per heavy atom. The minimum absolute atomic E-state index is 0.0367. The SMILES string of the molecule is CN=C(N)NCCC[C@@H](CC(=O)N(Cc1ccccc1)NC(=O)[C@@H]1CCCN1C(=O)[C@H](COC(C)(C)C)NC(=O)[C@@H](CC(=O)CNC(=O)[C@@H]1CCCN1C(=O)[C@@H]1CCCN1C(=O)[C@@H](N)CCCNC(N)=NC)Cc1ccccc1)C(=O)NC. The van der Waals surface area contributed by atoms with Crippen LogP contribution >= 0.6 is 0 Å². The number of Topliss-reactive ketones (excluding diaryl/α,β-unsaturated/α-hetero) is 1. The third-order valence-electron chi connectivity index (χ3n) is 15.0. The van der Waals surface area contributed by atoms with Gasteiger partial charge in [-0.25, -0.2) is 5.01 Å². The molecule has 3 saturated heterocycles. The number of carbonyl (C=O) groups is 9. The number of ether oxygens (including phenoxy) is 1. The van der Waals surface area contributed by atoms with Crippen LogP contribution in [0.2, 0.25) is 0 Å². The zero-order chi connectivity index (χ0) is 60.6. The van der Waals surface area contributed by atoms with Crippen molar-refractivity contribution < 1.29 is 47.9 Å². The number of aliphatic imine (C=N–C) groups is 2. The Balaban J connectivity index is 1.27. The summed E-state index contributed by atoms with van der Waals surface area (Å²) in [7, 11) is 4.59. The molecule has 456 valence electrons. The van der Waals surface area contributed by atoms with Gasteiger partial charge < -0.3 is 63.2 Å². The van der Waals surface area contributed by atoms with Gasteiger partial charge in [0.05, 0.1) is 31.3 Å². The van der Waals surface area contributed by atoms with Gasteiger partial charge in [0.1, 0.15) is 24.2 Å². The van der Waals surface area contributed by atoms with Gasteiger partial charge in [-0.3, -0.25) is 58.6 Å². The van der Waals surface area contributed by atoms with Crippen molar-refractivity contribution in [3.63, 3.8) is 0 Å². The van der Waals surface area contributed by atoms with Crippen LogP contribution in [0.5, 0.6) is 0 Å². The highest BCUT2D eigenvalue weighted by atomic mass is 16.5. The zero-order valence-electron chi connectivity index (χ0n) is 49.2. The monoisotopic (exact) mass is 1160 g/mol. The number of rotatable bonds is 28. The lowest BCUT2D eigenvalue weighted by atomic mass is 9.93. The average Bonchev–Trinajstić information content (AvgIpc) is 4.50. The van der Waals surface area contributed by atoms with Gasteiger partial charge in [0.2, 0.25) is 41.4 Å². The van der Waals surface area contributed by atoms with E-state index in [0.717, 1.165) is 5.56 Å². The van der Waals surface area contributed by atoms with E-state index in [9.17, 15) is 43.2 Å². The first-order valence-electron chi connectivity index (χ1n) is 28.9. The summed E-state index contributed by atoms with van der Waals surface area (Å²) < 4.78 is 6.11. The molecule has 2 aromatic carbocycles. The predicted octanol–water partition coefficient (Wildman–Crippen LogP) is -0.0382. The number of hydrogen-bond acceptors (Lipinski definition) is 13. The van der Waals surface area contributed by atoms with Crippen molar-refractivity contribution >= 4 is 65.0 Å². The fraction of sp³-hybridized carbons (Fsp3) is 0.603. The molecule has 0 radical (unpaired) electrons. The van der Waals surface area contributed by atoms with Gasteiger partial charge in [0.15, 0.2) is 17.7 Å². The molecular weight excluding hydrogens is 1070 g/mol. The maximum absolute atomic E-state index is 14.8. The second kappa shape index (κ2) is 32.8. The summed E-state index contributed by atoms with van der Waals surface area (Å²) in [5.74, 6) is -5.72. The number of guanidine groups is 2. The van der Waals surface area contributed by atoms with Crippen LogP contribution in [0.1, 0.15) is 109 Å².